The SMILES string of the molecule is CN=C(NCCCC1CCCC1)NCc1ccc(CN2CCOCC2)cc1. The molecule has 0 amide bonds. The van der Waals surface area contributed by atoms with Crippen LogP contribution in [0.25, 0.3) is 0 Å². The van der Waals surface area contributed by atoms with Crippen LogP contribution in [0.3, 0.4) is 0 Å². The molecule has 0 atom stereocenters. The number of ether oxygens (including phenoxy) is 1. The molecule has 5 heteroatoms. The van der Waals surface area contributed by atoms with Gasteiger partial charge in [-0.05, 0) is 29.9 Å². The molecule has 2 aliphatic rings. The second-order valence-corrected chi connectivity index (χ2v) is 7.85. The predicted octanol–water partition coefficient (Wildman–Crippen LogP) is 3.15. The van der Waals surface area contributed by atoms with Gasteiger partial charge in [-0.2, -0.15) is 0 Å². The minimum Gasteiger partial charge on any atom is -0.379 e. The van der Waals surface area contributed by atoms with Gasteiger partial charge in [0.2, 0.25) is 0 Å². The highest BCUT2D eigenvalue weighted by Gasteiger charge is 2.14. The molecular formula is C22H36N4O. The molecule has 1 aromatic carbocycles. The first-order valence-electron chi connectivity index (χ1n) is 10.7. The Bertz CT molecular complexity index is 560. The van der Waals surface area contributed by atoms with Gasteiger partial charge >= 0.3 is 0 Å². The van der Waals surface area contributed by atoms with Gasteiger partial charge in [0, 0.05) is 39.8 Å². The van der Waals surface area contributed by atoms with Crippen molar-refractivity contribution in [2.24, 2.45) is 10.9 Å². The summed E-state index contributed by atoms with van der Waals surface area (Å²) in [4.78, 5) is 6.80. The van der Waals surface area contributed by atoms with Crippen LogP contribution in [0.1, 0.15) is 49.7 Å². The molecule has 150 valence electrons. The van der Waals surface area contributed by atoms with Crippen LogP contribution in [0.4, 0.5) is 0 Å². The molecule has 0 unspecified atom stereocenters. The minimum atomic E-state index is 0.806. The zero-order chi connectivity index (χ0) is 18.7. The number of hydrogen-bond acceptors (Lipinski definition) is 3. The summed E-state index contributed by atoms with van der Waals surface area (Å²) < 4.78 is 5.42. The molecule has 2 fully saturated rings. The molecule has 0 radical (unpaired) electrons. The number of guanidine groups is 1. The first-order valence-corrected chi connectivity index (χ1v) is 10.7. The van der Waals surface area contributed by atoms with E-state index in [4.69, 9.17) is 4.74 Å². The fourth-order valence-electron chi connectivity index (χ4n) is 4.08. The third-order valence-corrected chi connectivity index (χ3v) is 5.77. The van der Waals surface area contributed by atoms with Gasteiger partial charge in [0.1, 0.15) is 0 Å². The van der Waals surface area contributed by atoms with Crippen molar-refractivity contribution in [1.29, 1.82) is 0 Å². The fourth-order valence-corrected chi connectivity index (χ4v) is 4.08. The van der Waals surface area contributed by atoms with Crippen LogP contribution in [-0.2, 0) is 17.8 Å². The van der Waals surface area contributed by atoms with Gasteiger partial charge < -0.3 is 15.4 Å². The van der Waals surface area contributed by atoms with Crippen molar-refractivity contribution in [1.82, 2.24) is 15.5 Å². The van der Waals surface area contributed by atoms with E-state index in [0.717, 1.165) is 57.8 Å². The van der Waals surface area contributed by atoms with Crippen molar-refractivity contribution < 1.29 is 4.74 Å². The van der Waals surface area contributed by atoms with Crippen molar-refractivity contribution in [2.75, 3.05) is 39.9 Å². The molecular weight excluding hydrogens is 336 g/mol. The van der Waals surface area contributed by atoms with Crippen LogP contribution in [0.2, 0.25) is 0 Å². The van der Waals surface area contributed by atoms with E-state index in [0.29, 0.717) is 0 Å². The lowest BCUT2D eigenvalue weighted by molar-refractivity contribution is 0.0342. The van der Waals surface area contributed by atoms with Crippen LogP contribution in [0.5, 0.6) is 0 Å². The van der Waals surface area contributed by atoms with E-state index in [1.165, 1.54) is 49.7 Å². The first kappa shape index (κ1) is 20.2. The van der Waals surface area contributed by atoms with Crippen molar-refractivity contribution in [3.8, 4) is 0 Å². The summed E-state index contributed by atoms with van der Waals surface area (Å²) in [6.07, 6.45) is 8.35. The van der Waals surface area contributed by atoms with Crippen LogP contribution in [0, 0.1) is 5.92 Å². The van der Waals surface area contributed by atoms with Gasteiger partial charge in [-0.3, -0.25) is 9.89 Å². The van der Waals surface area contributed by atoms with Crippen molar-refractivity contribution in [3.05, 3.63) is 35.4 Å². The van der Waals surface area contributed by atoms with E-state index in [9.17, 15) is 0 Å². The Morgan fingerprint density at radius 1 is 1.07 bits per heavy atom. The van der Waals surface area contributed by atoms with Crippen LogP contribution in [-0.4, -0.2) is 50.8 Å². The van der Waals surface area contributed by atoms with Gasteiger partial charge in [0.15, 0.2) is 5.96 Å². The Kier molecular flexibility index (Phi) is 8.43. The molecule has 2 N–H and O–H groups in total. The lowest BCUT2D eigenvalue weighted by Crippen LogP contribution is -2.37. The maximum atomic E-state index is 5.42. The van der Waals surface area contributed by atoms with E-state index < -0.39 is 0 Å². The van der Waals surface area contributed by atoms with Gasteiger partial charge in [0.25, 0.3) is 0 Å². The van der Waals surface area contributed by atoms with E-state index >= 15 is 0 Å². The normalized spacial score (nSPS) is 19.4. The average molecular weight is 373 g/mol. The monoisotopic (exact) mass is 372 g/mol. The topological polar surface area (TPSA) is 48.9 Å². The largest absolute Gasteiger partial charge is 0.379 e. The maximum absolute atomic E-state index is 5.42. The standard InChI is InChI=1S/C22H36N4O/c1-23-22(24-12-4-7-19-5-2-3-6-19)25-17-20-8-10-21(11-9-20)18-26-13-15-27-16-14-26/h8-11,19H,2-7,12-18H2,1H3,(H2,23,24,25). The third kappa shape index (κ3) is 7.15. The third-order valence-electron chi connectivity index (χ3n) is 5.77. The highest BCUT2D eigenvalue weighted by molar-refractivity contribution is 5.79. The number of nitrogens with zero attached hydrogens (tertiary/aromatic N) is 2. The van der Waals surface area contributed by atoms with Gasteiger partial charge in [-0.1, -0.05) is 49.9 Å². The van der Waals surface area contributed by atoms with E-state index in [1.807, 2.05) is 7.05 Å². The smallest absolute Gasteiger partial charge is 0.191 e. The molecule has 5 nitrogen and oxygen atoms in total. The van der Waals surface area contributed by atoms with Gasteiger partial charge in [-0.15, -0.1) is 0 Å². The Labute approximate surface area is 164 Å². The Balaban J connectivity index is 1.33. The molecule has 1 aliphatic heterocycles. The van der Waals surface area contributed by atoms with Crippen LogP contribution >= 0.6 is 0 Å². The Hall–Kier alpha value is -1.59. The van der Waals surface area contributed by atoms with Crippen molar-refractivity contribution in [3.63, 3.8) is 0 Å². The summed E-state index contributed by atoms with van der Waals surface area (Å²) >= 11 is 0. The molecule has 1 saturated heterocycles. The van der Waals surface area contributed by atoms with Crippen LogP contribution < -0.4 is 10.6 Å². The van der Waals surface area contributed by atoms with Crippen LogP contribution in [0.15, 0.2) is 29.3 Å². The highest BCUT2D eigenvalue weighted by Crippen LogP contribution is 2.28. The van der Waals surface area contributed by atoms with Gasteiger partial charge in [-0.25, -0.2) is 0 Å². The Morgan fingerprint density at radius 2 is 1.78 bits per heavy atom. The lowest BCUT2D eigenvalue weighted by Gasteiger charge is -2.26. The summed E-state index contributed by atoms with van der Waals surface area (Å²) in [5.74, 6) is 1.87. The summed E-state index contributed by atoms with van der Waals surface area (Å²) in [6.45, 7) is 6.61. The van der Waals surface area contributed by atoms with E-state index in [2.05, 4.69) is 44.8 Å². The molecule has 0 aromatic heterocycles. The predicted molar refractivity (Wildman–Crippen MR) is 112 cm³/mol. The molecule has 1 aromatic rings. The zero-order valence-electron chi connectivity index (χ0n) is 16.9. The number of hydrogen-bond donors (Lipinski definition) is 2. The molecule has 0 spiro atoms. The quantitative estimate of drug-likeness (QED) is 0.418. The Morgan fingerprint density at radius 3 is 2.48 bits per heavy atom. The minimum absolute atomic E-state index is 0.806. The summed E-state index contributed by atoms with van der Waals surface area (Å²) in [5.41, 5.74) is 2.66. The molecule has 3 rings (SSSR count). The van der Waals surface area contributed by atoms with E-state index in [1.54, 1.807) is 0 Å². The average Bonchev–Trinajstić information content (AvgIpc) is 3.23. The van der Waals surface area contributed by atoms with Crippen molar-refractivity contribution in [2.45, 2.75) is 51.6 Å². The van der Waals surface area contributed by atoms with Gasteiger partial charge in [0.05, 0.1) is 13.2 Å². The molecule has 1 saturated carbocycles. The second-order valence-electron chi connectivity index (χ2n) is 7.85. The number of morpholine rings is 1. The number of rotatable bonds is 8. The molecule has 0 bridgehead atoms. The maximum Gasteiger partial charge on any atom is 0.191 e. The number of aliphatic imine (C=N–C) groups is 1. The van der Waals surface area contributed by atoms with Crippen molar-refractivity contribution >= 4 is 5.96 Å². The molecule has 27 heavy (non-hydrogen) atoms. The summed E-state index contributed by atoms with van der Waals surface area (Å²) in [7, 11) is 1.84. The first-order chi connectivity index (χ1) is 13.3. The highest BCUT2D eigenvalue weighted by atomic mass is 16.5. The fraction of sp³-hybridized carbons (Fsp3) is 0.682. The zero-order valence-corrected chi connectivity index (χ0v) is 16.9. The molecule has 1 heterocycles. The summed E-state index contributed by atoms with van der Waals surface area (Å²) in [6, 6.07) is 8.92. The number of nitrogens with one attached hydrogen (secondary N) is 2. The number of benzene rings is 1. The lowest BCUT2D eigenvalue weighted by atomic mass is 10.0. The second kappa shape index (κ2) is 11.3. The molecule has 1 aliphatic carbocycles. The summed E-state index contributed by atoms with van der Waals surface area (Å²) in [5, 5.41) is 6.88. The van der Waals surface area contributed by atoms with E-state index in [-0.39, 0.29) is 0 Å².